The van der Waals surface area contributed by atoms with E-state index in [2.05, 4.69) is 67.5 Å². The zero-order valence-electron chi connectivity index (χ0n) is 20.1. The Morgan fingerprint density at radius 3 is 1.50 bits per heavy atom. The first-order valence-corrected chi connectivity index (χ1v) is 12.1. The van der Waals surface area contributed by atoms with Gasteiger partial charge in [0.05, 0.1) is 0 Å². The van der Waals surface area contributed by atoms with E-state index in [9.17, 15) is 0 Å². The molecule has 2 saturated carbocycles. The maximum Gasteiger partial charge on any atom is -0.00751 e. The largest absolute Gasteiger partial charge is 0.0625 e. The van der Waals surface area contributed by atoms with Crippen molar-refractivity contribution in [2.24, 2.45) is 29.1 Å². The molecule has 2 aliphatic rings. The predicted molar refractivity (Wildman–Crippen MR) is 124 cm³/mol. The van der Waals surface area contributed by atoms with Crippen molar-refractivity contribution in [3.05, 3.63) is 34.4 Å². The van der Waals surface area contributed by atoms with Gasteiger partial charge in [0.1, 0.15) is 0 Å². The molecule has 0 aromatic heterocycles. The Labute approximate surface area is 175 Å². The SMILES string of the molecule is Cc1cc(C(C)(C)C2CCC(C(C)(C)C3CCC(C)CC3)CC2)cc(C)c1C. The summed E-state index contributed by atoms with van der Waals surface area (Å²) >= 11 is 0. The van der Waals surface area contributed by atoms with E-state index in [0.717, 1.165) is 23.7 Å². The summed E-state index contributed by atoms with van der Waals surface area (Å²) in [6.45, 7) is 19.5. The van der Waals surface area contributed by atoms with Gasteiger partial charge in [-0.1, -0.05) is 59.6 Å². The minimum absolute atomic E-state index is 0.290. The van der Waals surface area contributed by atoms with Crippen molar-refractivity contribution < 1.29 is 0 Å². The van der Waals surface area contributed by atoms with Crippen molar-refractivity contribution in [3.8, 4) is 0 Å². The van der Waals surface area contributed by atoms with Gasteiger partial charge >= 0.3 is 0 Å². The summed E-state index contributed by atoms with van der Waals surface area (Å²) in [4.78, 5) is 0. The molecule has 0 radical (unpaired) electrons. The second-order valence-corrected chi connectivity index (χ2v) is 11.8. The van der Waals surface area contributed by atoms with Crippen LogP contribution in [0.4, 0.5) is 0 Å². The van der Waals surface area contributed by atoms with Crippen molar-refractivity contribution in [3.63, 3.8) is 0 Å². The van der Waals surface area contributed by atoms with Gasteiger partial charge in [-0.2, -0.15) is 0 Å². The van der Waals surface area contributed by atoms with Gasteiger partial charge in [-0.25, -0.2) is 0 Å². The second kappa shape index (κ2) is 8.16. The van der Waals surface area contributed by atoms with E-state index < -0.39 is 0 Å². The highest BCUT2D eigenvalue weighted by atomic mass is 14.5. The van der Waals surface area contributed by atoms with Gasteiger partial charge in [0.15, 0.2) is 0 Å². The van der Waals surface area contributed by atoms with Crippen LogP contribution in [0.5, 0.6) is 0 Å². The predicted octanol–water partition coefficient (Wildman–Crippen LogP) is 8.55. The van der Waals surface area contributed by atoms with Crippen LogP contribution >= 0.6 is 0 Å². The van der Waals surface area contributed by atoms with Gasteiger partial charge in [-0.05, 0) is 116 Å². The van der Waals surface area contributed by atoms with Crippen molar-refractivity contribution >= 4 is 0 Å². The molecule has 1 aromatic rings. The summed E-state index contributed by atoms with van der Waals surface area (Å²) in [6.07, 6.45) is 11.6. The van der Waals surface area contributed by atoms with Crippen LogP contribution in [0, 0.1) is 49.9 Å². The van der Waals surface area contributed by atoms with Crippen molar-refractivity contribution in [2.45, 2.75) is 112 Å². The summed E-state index contributed by atoms with van der Waals surface area (Å²) in [5, 5.41) is 0. The Bertz CT molecular complexity index is 638. The first-order valence-electron chi connectivity index (χ1n) is 12.1. The maximum atomic E-state index is 2.61. The van der Waals surface area contributed by atoms with E-state index in [4.69, 9.17) is 0 Å². The number of hydrogen-bond acceptors (Lipinski definition) is 0. The Morgan fingerprint density at radius 1 is 0.643 bits per heavy atom. The van der Waals surface area contributed by atoms with E-state index in [1.165, 1.54) is 68.1 Å². The second-order valence-electron chi connectivity index (χ2n) is 11.8. The third kappa shape index (κ3) is 4.22. The molecule has 2 aliphatic carbocycles. The van der Waals surface area contributed by atoms with Gasteiger partial charge in [-0.3, -0.25) is 0 Å². The minimum atomic E-state index is 0.290. The summed E-state index contributed by atoms with van der Waals surface area (Å²) in [6, 6.07) is 4.95. The molecule has 0 nitrogen and oxygen atoms in total. The molecule has 0 heteroatoms. The molecule has 0 saturated heterocycles. The number of benzene rings is 1. The fourth-order valence-electron chi connectivity index (χ4n) is 6.54. The molecule has 0 bridgehead atoms. The van der Waals surface area contributed by atoms with Crippen LogP contribution in [-0.2, 0) is 5.41 Å². The molecule has 0 aliphatic heterocycles. The Hall–Kier alpha value is -0.780. The Morgan fingerprint density at radius 2 is 1.04 bits per heavy atom. The molecule has 0 amide bonds. The van der Waals surface area contributed by atoms with E-state index in [1.807, 2.05) is 0 Å². The molecular weight excluding hydrogens is 336 g/mol. The normalized spacial score (nSPS) is 29.7. The number of aryl methyl sites for hydroxylation is 2. The zero-order chi connectivity index (χ0) is 20.7. The van der Waals surface area contributed by atoms with E-state index in [0.29, 0.717) is 10.8 Å². The van der Waals surface area contributed by atoms with Crippen molar-refractivity contribution in [2.75, 3.05) is 0 Å². The highest BCUT2D eigenvalue weighted by molar-refractivity contribution is 5.40. The summed E-state index contributed by atoms with van der Waals surface area (Å²) in [5.41, 5.74) is 6.78. The molecule has 3 rings (SSSR count). The van der Waals surface area contributed by atoms with E-state index in [-0.39, 0.29) is 0 Å². The topological polar surface area (TPSA) is 0 Å². The fraction of sp³-hybridized carbons (Fsp3) is 0.786. The zero-order valence-corrected chi connectivity index (χ0v) is 20.1. The van der Waals surface area contributed by atoms with Gasteiger partial charge in [-0.15, -0.1) is 0 Å². The maximum absolute atomic E-state index is 2.61. The van der Waals surface area contributed by atoms with Crippen molar-refractivity contribution in [1.29, 1.82) is 0 Å². The molecule has 158 valence electrons. The van der Waals surface area contributed by atoms with Crippen molar-refractivity contribution in [1.82, 2.24) is 0 Å². The third-order valence-corrected chi connectivity index (χ3v) is 9.54. The van der Waals surface area contributed by atoms with Crippen LogP contribution in [0.1, 0.15) is 108 Å². The lowest BCUT2D eigenvalue weighted by atomic mass is 9.57. The molecule has 2 fully saturated rings. The smallest absolute Gasteiger partial charge is 0.00751 e. The van der Waals surface area contributed by atoms with Crippen LogP contribution in [0.3, 0.4) is 0 Å². The van der Waals surface area contributed by atoms with Crippen LogP contribution in [0.2, 0.25) is 0 Å². The highest BCUT2D eigenvalue weighted by Gasteiger charge is 2.42. The number of hydrogen-bond donors (Lipinski definition) is 0. The first-order chi connectivity index (χ1) is 13.0. The summed E-state index contributed by atoms with van der Waals surface area (Å²) in [5.74, 6) is 3.68. The fourth-order valence-corrected chi connectivity index (χ4v) is 6.54. The third-order valence-electron chi connectivity index (χ3n) is 9.54. The van der Waals surface area contributed by atoms with Gasteiger partial charge in [0.25, 0.3) is 0 Å². The van der Waals surface area contributed by atoms with Crippen LogP contribution < -0.4 is 0 Å². The molecular formula is C28H46. The lowest BCUT2D eigenvalue weighted by Gasteiger charge is -2.48. The van der Waals surface area contributed by atoms with E-state index >= 15 is 0 Å². The lowest BCUT2D eigenvalue weighted by Crippen LogP contribution is -2.39. The summed E-state index contributed by atoms with van der Waals surface area (Å²) < 4.78 is 0. The quantitative estimate of drug-likeness (QED) is 0.489. The molecule has 0 N–H and O–H groups in total. The highest BCUT2D eigenvalue weighted by Crippen LogP contribution is 2.52. The monoisotopic (exact) mass is 382 g/mol. The van der Waals surface area contributed by atoms with Crippen LogP contribution in [0.25, 0.3) is 0 Å². The molecule has 0 atom stereocenters. The van der Waals surface area contributed by atoms with Gasteiger partial charge in [0.2, 0.25) is 0 Å². The van der Waals surface area contributed by atoms with Crippen LogP contribution in [0.15, 0.2) is 12.1 Å². The average Bonchev–Trinajstić information content (AvgIpc) is 2.66. The Balaban J connectivity index is 1.67. The van der Waals surface area contributed by atoms with Crippen LogP contribution in [-0.4, -0.2) is 0 Å². The summed E-state index contributed by atoms with van der Waals surface area (Å²) in [7, 11) is 0. The molecule has 1 aromatic carbocycles. The molecule has 28 heavy (non-hydrogen) atoms. The molecule has 0 heterocycles. The lowest BCUT2D eigenvalue weighted by molar-refractivity contribution is 0.0319. The number of rotatable bonds is 4. The van der Waals surface area contributed by atoms with E-state index in [1.54, 1.807) is 5.56 Å². The first kappa shape index (κ1) is 21.9. The average molecular weight is 383 g/mol. The Kier molecular flexibility index (Phi) is 6.38. The minimum Gasteiger partial charge on any atom is -0.0625 e. The standard InChI is InChI=1S/C28H46/c1-19-9-11-23(12-10-19)27(5,6)24-13-15-25(16-14-24)28(7,8)26-17-20(2)22(4)21(3)18-26/h17-19,23-25H,9-16H2,1-8H3. The van der Waals surface area contributed by atoms with Gasteiger partial charge in [0, 0.05) is 0 Å². The van der Waals surface area contributed by atoms with Gasteiger partial charge < -0.3 is 0 Å². The molecule has 0 spiro atoms. The molecule has 0 unspecified atom stereocenters.